The third-order valence-electron chi connectivity index (χ3n) is 4.24. The number of nitrogens with one attached hydrogen (secondary N) is 2. The molecule has 1 atom stereocenters. The Hall–Kier alpha value is -2.48. The molecular weight excluding hydrogens is 304 g/mol. The quantitative estimate of drug-likeness (QED) is 0.736. The summed E-state index contributed by atoms with van der Waals surface area (Å²) < 4.78 is 27.0. The number of fused-ring (bicyclic) bond motifs is 3. The number of phenols is 1. The first kappa shape index (κ1) is 14.1. The second-order valence-corrected chi connectivity index (χ2v) is 5.68. The summed E-state index contributed by atoms with van der Waals surface area (Å²) in [7, 11) is 0. The summed E-state index contributed by atoms with van der Waals surface area (Å²) in [5, 5.41) is 24.5. The van der Waals surface area contributed by atoms with Crippen LogP contribution in [-0.4, -0.2) is 47.5 Å². The molecule has 1 saturated heterocycles. The summed E-state index contributed by atoms with van der Waals surface area (Å²) in [6, 6.07) is 3.69. The highest BCUT2D eigenvalue weighted by Crippen LogP contribution is 2.36. The van der Waals surface area contributed by atoms with Gasteiger partial charge in [-0.3, -0.25) is 0 Å². The van der Waals surface area contributed by atoms with Gasteiger partial charge in [0.25, 0.3) is 0 Å². The van der Waals surface area contributed by atoms with Gasteiger partial charge in [-0.1, -0.05) is 0 Å². The Bertz CT molecular complexity index is 770. The van der Waals surface area contributed by atoms with E-state index in [9.17, 15) is 13.9 Å². The Labute approximate surface area is 131 Å². The Morgan fingerprint density at radius 2 is 2.04 bits per heavy atom. The van der Waals surface area contributed by atoms with Gasteiger partial charge in [0, 0.05) is 37.8 Å². The monoisotopic (exact) mass is 319 g/mol. The predicted octanol–water partition coefficient (Wildman–Crippen LogP) is 1.33. The molecule has 8 heteroatoms. The number of aromatic nitrogens is 2. The standard InChI is InChI=1S/C15H15F2N5O/c16-8-3-10(14(23)11(17)4-8)12-5-13-15(21-20-12)19-7-9-6-18-1-2-22(9)13/h3-5,9,18,23H,1-2,6-7H2,(H,19,21)/t9-/m1/s1. The molecule has 3 heterocycles. The van der Waals surface area contributed by atoms with Crippen molar-refractivity contribution in [1.29, 1.82) is 0 Å². The Morgan fingerprint density at radius 3 is 2.91 bits per heavy atom. The average molecular weight is 319 g/mol. The van der Waals surface area contributed by atoms with Crippen molar-refractivity contribution in [2.24, 2.45) is 0 Å². The van der Waals surface area contributed by atoms with Crippen LogP contribution in [0.5, 0.6) is 5.75 Å². The van der Waals surface area contributed by atoms with Crippen molar-refractivity contribution in [2.75, 3.05) is 36.4 Å². The molecule has 4 rings (SSSR count). The zero-order valence-corrected chi connectivity index (χ0v) is 12.2. The first-order valence-corrected chi connectivity index (χ1v) is 7.41. The van der Waals surface area contributed by atoms with Crippen LogP contribution in [0.1, 0.15) is 0 Å². The minimum absolute atomic E-state index is 0.00458. The van der Waals surface area contributed by atoms with Gasteiger partial charge in [0.1, 0.15) is 5.82 Å². The molecule has 23 heavy (non-hydrogen) atoms. The Morgan fingerprint density at radius 1 is 1.17 bits per heavy atom. The first-order valence-electron chi connectivity index (χ1n) is 7.41. The molecular formula is C15H15F2N5O. The van der Waals surface area contributed by atoms with Crippen molar-refractivity contribution in [3.63, 3.8) is 0 Å². The van der Waals surface area contributed by atoms with E-state index in [0.29, 0.717) is 11.9 Å². The van der Waals surface area contributed by atoms with E-state index < -0.39 is 17.4 Å². The van der Waals surface area contributed by atoms with Gasteiger partial charge in [0.05, 0.1) is 17.4 Å². The highest BCUT2D eigenvalue weighted by atomic mass is 19.1. The average Bonchev–Trinajstić information content (AvgIpc) is 2.57. The van der Waals surface area contributed by atoms with Crippen molar-refractivity contribution in [3.8, 4) is 17.0 Å². The molecule has 0 unspecified atom stereocenters. The highest BCUT2D eigenvalue weighted by molar-refractivity contribution is 5.76. The maximum Gasteiger partial charge on any atom is 0.172 e. The van der Waals surface area contributed by atoms with E-state index in [0.717, 1.165) is 37.9 Å². The number of aromatic hydroxyl groups is 1. The van der Waals surface area contributed by atoms with Crippen molar-refractivity contribution < 1.29 is 13.9 Å². The topological polar surface area (TPSA) is 73.3 Å². The van der Waals surface area contributed by atoms with Gasteiger partial charge in [-0.2, -0.15) is 0 Å². The lowest BCUT2D eigenvalue weighted by Crippen LogP contribution is -2.56. The number of hydrogen-bond acceptors (Lipinski definition) is 6. The largest absolute Gasteiger partial charge is 0.504 e. The summed E-state index contributed by atoms with van der Waals surface area (Å²) in [6.07, 6.45) is 0. The lowest BCUT2D eigenvalue weighted by molar-refractivity contribution is 0.430. The molecule has 1 fully saturated rings. The van der Waals surface area contributed by atoms with Crippen LogP contribution >= 0.6 is 0 Å². The second kappa shape index (κ2) is 5.31. The van der Waals surface area contributed by atoms with Gasteiger partial charge < -0.3 is 20.6 Å². The molecule has 3 N–H and O–H groups in total. The summed E-state index contributed by atoms with van der Waals surface area (Å²) in [4.78, 5) is 2.20. The number of phenolic OH excluding ortho intramolecular Hbond substituents is 1. The van der Waals surface area contributed by atoms with Gasteiger partial charge in [0.2, 0.25) is 0 Å². The summed E-state index contributed by atoms with van der Waals surface area (Å²) in [5.74, 6) is -1.77. The van der Waals surface area contributed by atoms with Crippen molar-refractivity contribution >= 4 is 11.5 Å². The van der Waals surface area contributed by atoms with Crippen molar-refractivity contribution in [2.45, 2.75) is 6.04 Å². The van der Waals surface area contributed by atoms with Crippen LogP contribution in [-0.2, 0) is 0 Å². The fourth-order valence-electron chi connectivity index (χ4n) is 3.09. The summed E-state index contributed by atoms with van der Waals surface area (Å²) >= 11 is 0. The zero-order valence-electron chi connectivity index (χ0n) is 12.2. The normalized spacial score (nSPS) is 19.7. The van der Waals surface area contributed by atoms with Gasteiger partial charge in [0.15, 0.2) is 17.4 Å². The van der Waals surface area contributed by atoms with E-state index in [1.54, 1.807) is 6.07 Å². The van der Waals surface area contributed by atoms with Gasteiger partial charge in [-0.15, -0.1) is 10.2 Å². The van der Waals surface area contributed by atoms with E-state index >= 15 is 0 Å². The van der Waals surface area contributed by atoms with E-state index in [4.69, 9.17) is 0 Å². The van der Waals surface area contributed by atoms with Crippen LogP contribution in [0.4, 0.5) is 20.3 Å². The molecule has 0 bridgehead atoms. The lowest BCUT2D eigenvalue weighted by Gasteiger charge is -2.42. The summed E-state index contributed by atoms with van der Waals surface area (Å²) in [6.45, 7) is 3.28. The van der Waals surface area contributed by atoms with Gasteiger partial charge in [-0.25, -0.2) is 8.78 Å². The van der Waals surface area contributed by atoms with Crippen LogP contribution in [0.15, 0.2) is 18.2 Å². The van der Waals surface area contributed by atoms with Crippen LogP contribution in [0.3, 0.4) is 0 Å². The molecule has 0 saturated carbocycles. The number of nitrogens with zero attached hydrogens (tertiary/aromatic N) is 3. The van der Waals surface area contributed by atoms with E-state index in [-0.39, 0.29) is 17.3 Å². The van der Waals surface area contributed by atoms with Gasteiger partial charge >= 0.3 is 0 Å². The maximum absolute atomic E-state index is 13.6. The SMILES string of the molecule is Oc1c(F)cc(F)cc1-c1cc2c(nn1)NC[C@H]1CNCCN21. The minimum Gasteiger partial charge on any atom is -0.504 e. The smallest absolute Gasteiger partial charge is 0.172 e. The molecule has 0 spiro atoms. The third-order valence-corrected chi connectivity index (χ3v) is 4.24. The molecule has 6 nitrogen and oxygen atoms in total. The van der Waals surface area contributed by atoms with E-state index in [2.05, 4.69) is 25.7 Å². The van der Waals surface area contributed by atoms with Crippen LogP contribution in [0.25, 0.3) is 11.3 Å². The molecule has 1 aromatic carbocycles. The fraction of sp³-hybridized carbons (Fsp3) is 0.333. The molecule has 120 valence electrons. The van der Waals surface area contributed by atoms with Crippen molar-refractivity contribution in [3.05, 3.63) is 29.8 Å². The molecule has 2 aliphatic heterocycles. The Balaban J connectivity index is 1.81. The molecule has 0 radical (unpaired) electrons. The first-order chi connectivity index (χ1) is 11.1. The second-order valence-electron chi connectivity index (χ2n) is 5.68. The molecule has 0 aliphatic carbocycles. The fourth-order valence-corrected chi connectivity index (χ4v) is 3.09. The van der Waals surface area contributed by atoms with Crippen molar-refractivity contribution in [1.82, 2.24) is 15.5 Å². The number of anilines is 2. The third kappa shape index (κ3) is 2.35. The number of piperazine rings is 1. The highest BCUT2D eigenvalue weighted by Gasteiger charge is 2.30. The summed E-state index contributed by atoms with van der Waals surface area (Å²) in [5.41, 5.74) is 1.06. The lowest BCUT2D eigenvalue weighted by atomic mass is 10.1. The molecule has 1 aromatic heterocycles. The van der Waals surface area contributed by atoms with Crippen LogP contribution in [0.2, 0.25) is 0 Å². The number of rotatable bonds is 1. The Kier molecular flexibility index (Phi) is 3.26. The minimum atomic E-state index is -1.02. The predicted molar refractivity (Wildman–Crippen MR) is 81.5 cm³/mol. The molecule has 0 amide bonds. The number of benzene rings is 1. The van der Waals surface area contributed by atoms with E-state index in [1.165, 1.54) is 0 Å². The zero-order chi connectivity index (χ0) is 16.0. The molecule has 2 aromatic rings. The van der Waals surface area contributed by atoms with Gasteiger partial charge in [-0.05, 0) is 12.1 Å². The number of hydrogen-bond donors (Lipinski definition) is 3. The maximum atomic E-state index is 13.6. The van der Waals surface area contributed by atoms with Crippen LogP contribution < -0.4 is 15.5 Å². The van der Waals surface area contributed by atoms with E-state index in [1.807, 2.05) is 0 Å². The molecule has 2 aliphatic rings. The number of halogens is 2. The van der Waals surface area contributed by atoms with Crippen LogP contribution in [0, 0.1) is 11.6 Å².